The van der Waals surface area contributed by atoms with Crippen molar-refractivity contribution in [1.29, 1.82) is 0 Å². The molecule has 1 aliphatic rings. The maximum absolute atomic E-state index is 12.4. The Morgan fingerprint density at radius 1 is 0.905 bits per heavy atom. The van der Waals surface area contributed by atoms with Crippen LogP contribution in [-0.4, -0.2) is 22.9 Å². The Labute approximate surface area is 125 Å². The SMILES string of the molecule is NS(=O)(=O)c1ccccc1S(=O)(=O)NC1CCCCCC1. The molecule has 1 saturated carbocycles. The fraction of sp³-hybridized carbons (Fsp3) is 0.538. The van der Waals surface area contributed by atoms with Crippen molar-refractivity contribution in [3.05, 3.63) is 24.3 Å². The second-order valence-electron chi connectivity index (χ2n) is 5.30. The molecule has 0 bridgehead atoms. The lowest BCUT2D eigenvalue weighted by molar-refractivity contribution is 0.508. The van der Waals surface area contributed by atoms with Crippen LogP contribution >= 0.6 is 0 Å². The van der Waals surface area contributed by atoms with Gasteiger partial charge in [-0.05, 0) is 25.0 Å². The first-order valence-corrected chi connectivity index (χ1v) is 9.98. The Balaban J connectivity index is 2.32. The molecule has 0 heterocycles. The van der Waals surface area contributed by atoms with Gasteiger partial charge in [0.15, 0.2) is 0 Å². The topological polar surface area (TPSA) is 106 Å². The molecule has 1 aromatic rings. The van der Waals surface area contributed by atoms with Crippen LogP contribution in [0.4, 0.5) is 0 Å². The molecular formula is C13H20N2O4S2. The number of primary sulfonamides is 1. The average molecular weight is 332 g/mol. The van der Waals surface area contributed by atoms with Crippen molar-refractivity contribution in [1.82, 2.24) is 4.72 Å². The summed E-state index contributed by atoms with van der Waals surface area (Å²) < 4.78 is 50.6. The van der Waals surface area contributed by atoms with Crippen molar-refractivity contribution >= 4 is 20.0 Å². The van der Waals surface area contributed by atoms with E-state index in [4.69, 9.17) is 5.14 Å². The van der Waals surface area contributed by atoms with E-state index in [9.17, 15) is 16.8 Å². The van der Waals surface area contributed by atoms with E-state index in [1.807, 2.05) is 0 Å². The van der Waals surface area contributed by atoms with Crippen LogP contribution in [0.15, 0.2) is 34.1 Å². The normalized spacial score (nSPS) is 18.3. The molecule has 0 radical (unpaired) electrons. The molecule has 0 unspecified atom stereocenters. The zero-order chi connectivity index (χ0) is 15.5. The third-order valence-electron chi connectivity index (χ3n) is 3.62. The van der Waals surface area contributed by atoms with Gasteiger partial charge in [-0.15, -0.1) is 0 Å². The van der Waals surface area contributed by atoms with Crippen LogP contribution in [0.25, 0.3) is 0 Å². The van der Waals surface area contributed by atoms with Gasteiger partial charge in [-0.2, -0.15) is 0 Å². The fourth-order valence-electron chi connectivity index (χ4n) is 2.59. The summed E-state index contributed by atoms with van der Waals surface area (Å²) in [5.74, 6) is 0. The lowest BCUT2D eigenvalue weighted by Gasteiger charge is -2.17. The molecule has 0 amide bonds. The average Bonchev–Trinajstić information content (AvgIpc) is 2.66. The minimum atomic E-state index is -4.08. The van der Waals surface area contributed by atoms with Gasteiger partial charge >= 0.3 is 0 Å². The maximum atomic E-state index is 12.4. The van der Waals surface area contributed by atoms with Crippen LogP contribution in [0.1, 0.15) is 38.5 Å². The molecule has 1 fully saturated rings. The van der Waals surface area contributed by atoms with Crippen molar-refractivity contribution in [2.24, 2.45) is 5.14 Å². The van der Waals surface area contributed by atoms with Crippen molar-refractivity contribution in [2.75, 3.05) is 0 Å². The first-order valence-electron chi connectivity index (χ1n) is 6.95. The quantitative estimate of drug-likeness (QED) is 0.811. The summed E-state index contributed by atoms with van der Waals surface area (Å²) in [6.45, 7) is 0. The predicted molar refractivity (Wildman–Crippen MR) is 79.6 cm³/mol. The molecule has 1 aliphatic carbocycles. The second-order valence-corrected chi connectivity index (χ2v) is 8.51. The number of nitrogens with two attached hydrogens (primary N) is 1. The Morgan fingerprint density at radius 3 is 1.95 bits per heavy atom. The summed E-state index contributed by atoms with van der Waals surface area (Å²) in [6, 6.07) is 5.25. The van der Waals surface area contributed by atoms with Crippen LogP contribution < -0.4 is 9.86 Å². The van der Waals surface area contributed by atoms with Gasteiger partial charge in [-0.25, -0.2) is 26.7 Å². The third kappa shape index (κ3) is 4.26. The zero-order valence-corrected chi connectivity index (χ0v) is 13.3. The van der Waals surface area contributed by atoms with E-state index < -0.39 is 20.0 Å². The summed E-state index contributed by atoms with van der Waals surface area (Å²) in [5, 5.41) is 5.09. The van der Waals surface area contributed by atoms with Crippen molar-refractivity contribution < 1.29 is 16.8 Å². The molecule has 2 rings (SSSR count). The van der Waals surface area contributed by atoms with E-state index in [1.165, 1.54) is 24.3 Å². The van der Waals surface area contributed by atoms with Gasteiger partial charge in [0.1, 0.15) is 9.79 Å². The number of hydrogen-bond donors (Lipinski definition) is 2. The molecule has 6 nitrogen and oxygen atoms in total. The van der Waals surface area contributed by atoms with Crippen LogP contribution in [0.3, 0.4) is 0 Å². The van der Waals surface area contributed by atoms with Gasteiger partial charge in [0.05, 0.1) is 0 Å². The monoisotopic (exact) mass is 332 g/mol. The molecule has 8 heteroatoms. The van der Waals surface area contributed by atoms with Crippen molar-refractivity contribution in [2.45, 2.75) is 54.4 Å². The minimum Gasteiger partial charge on any atom is -0.225 e. The highest BCUT2D eigenvalue weighted by atomic mass is 32.2. The fourth-order valence-corrected chi connectivity index (χ4v) is 5.27. The molecule has 0 aliphatic heterocycles. The van der Waals surface area contributed by atoms with Crippen molar-refractivity contribution in [3.8, 4) is 0 Å². The number of hydrogen-bond acceptors (Lipinski definition) is 4. The van der Waals surface area contributed by atoms with E-state index in [2.05, 4.69) is 4.72 Å². The first kappa shape index (κ1) is 16.4. The Bertz CT molecular complexity index is 691. The molecule has 0 saturated heterocycles. The molecule has 1 aromatic carbocycles. The standard InChI is InChI=1S/C13H20N2O4S2/c14-20(16,17)12-9-5-6-10-13(12)21(18,19)15-11-7-3-1-2-4-8-11/h5-6,9-11,15H,1-4,7-8H2,(H2,14,16,17). The molecule has 3 N–H and O–H groups in total. The van der Waals surface area contributed by atoms with Gasteiger partial charge in [0.25, 0.3) is 0 Å². The highest BCUT2D eigenvalue weighted by Gasteiger charge is 2.26. The van der Waals surface area contributed by atoms with Gasteiger partial charge in [0, 0.05) is 6.04 Å². The summed E-state index contributed by atoms with van der Waals surface area (Å²) in [5.41, 5.74) is 0. The number of benzene rings is 1. The Hall–Kier alpha value is -0.960. The largest absolute Gasteiger partial charge is 0.242 e. The lowest BCUT2D eigenvalue weighted by atomic mass is 10.1. The molecule has 118 valence electrons. The van der Waals surface area contributed by atoms with Gasteiger partial charge in [-0.3, -0.25) is 0 Å². The molecule has 21 heavy (non-hydrogen) atoms. The van der Waals surface area contributed by atoms with E-state index in [0.29, 0.717) is 0 Å². The summed E-state index contributed by atoms with van der Waals surface area (Å²) in [7, 11) is -7.98. The van der Waals surface area contributed by atoms with Crippen LogP contribution in [0, 0.1) is 0 Å². The lowest BCUT2D eigenvalue weighted by Crippen LogP contribution is -2.35. The highest BCUT2D eigenvalue weighted by Crippen LogP contribution is 2.22. The zero-order valence-electron chi connectivity index (χ0n) is 11.7. The Kier molecular flexibility index (Phi) is 5.03. The van der Waals surface area contributed by atoms with E-state index in [-0.39, 0.29) is 15.8 Å². The van der Waals surface area contributed by atoms with Gasteiger partial charge in [-0.1, -0.05) is 37.8 Å². The predicted octanol–water partition coefficient (Wildman–Crippen LogP) is 1.34. The summed E-state index contributed by atoms with van der Waals surface area (Å²) >= 11 is 0. The van der Waals surface area contributed by atoms with E-state index >= 15 is 0 Å². The van der Waals surface area contributed by atoms with Crippen molar-refractivity contribution in [3.63, 3.8) is 0 Å². The molecule has 0 atom stereocenters. The number of sulfonamides is 2. The van der Waals surface area contributed by atoms with Crippen LogP contribution in [0.5, 0.6) is 0 Å². The van der Waals surface area contributed by atoms with Gasteiger partial charge < -0.3 is 0 Å². The Morgan fingerprint density at radius 2 is 1.43 bits per heavy atom. The molecule has 0 aromatic heterocycles. The smallest absolute Gasteiger partial charge is 0.225 e. The number of nitrogens with one attached hydrogen (secondary N) is 1. The third-order valence-corrected chi connectivity index (χ3v) is 6.30. The van der Waals surface area contributed by atoms with Gasteiger partial charge in [0.2, 0.25) is 20.0 Å². The molecule has 0 spiro atoms. The van der Waals surface area contributed by atoms with Crippen LogP contribution in [-0.2, 0) is 20.0 Å². The van der Waals surface area contributed by atoms with E-state index in [1.54, 1.807) is 0 Å². The molecular weight excluding hydrogens is 312 g/mol. The summed E-state index contributed by atoms with van der Waals surface area (Å²) in [6.07, 6.45) is 5.71. The van der Waals surface area contributed by atoms with E-state index in [0.717, 1.165) is 38.5 Å². The maximum Gasteiger partial charge on any atom is 0.242 e. The van der Waals surface area contributed by atoms with Crippen LogP contribution in [0.2, 0.25) is 0 Å². The highest BCUT2D eigenvalue weighted by molar-refractivity contribution is 7.92. The second kappa shape index (κ2) is 6.43. The first-order chi connectivity index (χ1) is 9.81. The minimum absolute atomic E-state index is 0.147. The summed E-state index contributed by atoms with van der Waals surface area (Å²) in [4.78, 5) is -0.650. The number of rotatable bonds is 4.